The number of nitrogens with one attached hydrogen (secondary N) is 1. The molecule has 0 atom stereocenters. The lowest BCUT2D eigenvalue weighted by atomic mass is 10.1. The van der Waals surface area contributed by atoms with Crippen molar-refractivity contribution in [2.45, 2.75) is 13.5 Å². The van der Waals surface area contributed by atoms with Gasteiger partial charge in [0.2, 0.25) is 0 Å². The molecule has 0 unspecified atom stereocenters. The normalized spacial score (nSPS) is 10.6. The van der Waals surface area contributed by atoms with E-state index in [2.05, 4.69) is 10.3 Å². The molecular formula is C19H17FN2O2. The van der Waals surface area contributed by atoms with Crippen LogP contribution in [0, 0.1) is 5.82 Å². The summed E-state index contributed by atoms with van der Waals surface area (Å²) >= 11 is 0. The highest BCUT2D eigenvalue weighted by molar-refractivity contribution is 6.04. The number of pyridine rings is 1. The molecule has 0 radical (unpaired) electrons. The Morgan fingerprint density at radius 1 is 1.21 bits per heavy atom. The van der Waals surface area contributed by atoms with Gasteiger partial charge < -0.3 is 10.1 Å². The maximum absolute atomic E-state index is 13.7. The van der Waals surface area contributed by atoms with E-state index < -0.39 is 5.97 Å². The van der Waals surface area contributed by atoms with Gasteiger partial charge in [-0.15, -0.1) is 0 Å². The number of hydrogen-bond donors (Lipinski definition) is 1. The summed E-state index contributed by atoms with van der Waals surface area (Å²) in [5, 5.41) is 3.78. The Bertz CT molecular complexity index is 866. The summed E-state index contributed by atoms with van der Waals surface area (Å²) in [6, 6.07) is 14.1. The van der Waals surface area contributed by atoms with E-state index in [1.165, 1.54) is 18.3 Å². The van der Waals surface area contributed by atoms with E-state index in [1.54, 1.807) is 13.0 Å². The number of fused-ring (bicyclic) bond motifs is 1. The summed E-state index contributed by atoms with van der Waals surface area (Å²) in [4.78, 5) is 16.4. The fourth-order valence-electron chi connectivity index (χ4n) is 2.51. The van der Waals surface area contributed by atoms with Crippen LogP contribution in [-0.2, 0) is 11.3 Å². The van der Waals surface area contributed by atoms with Gasteiger partial charge in [-0.05, 0) is 30.7 Å². The first kappa shape index (κ1) is 15.9. The second-order valence-electron chi connectivity index (χ2n) is 5.27. The van der Waals surface area contributed by atoms with E-state index in [9.17, 15) is 9.18 Å². The minimum absolute atomic E-state index is 0.262. The molecule has 0 fully saturated rings. The lowest BCUT2D eigenvalue weighted by Gasteiger charge is -2.14. The number of anilines is 1. The number of aromatic nitrogens is 1. The van der Waals surface area contributed by atoms with Crippen molar-refractivity contribution in [3.05, 3.63) is 71.7 Å². The zero-order chi connectivity index (χ0) is 16.9. The quantitative estimate of drug-likeness (QED) is 0.716. The van der Waals surface area contributed by atoms with Crippen molar-refractivity contribution in [1.82, 2.24) is 4.98 Å². The van der Waals surface area contributed by atoms with Gasteiger partial charge in [0.1, 0.15) is 11.4 Å². The maximum atomic E-state index is 13.7. The van der Waals surface area contributed by atoms with Crippen molar-refractivity contribution < 1.29 is 13.9 Å². The predicted octanol–water partition coefficient (Wildman–Crippen LogP) is 4.16. The standard InChI is InChI=1S/C19H17FN2O2/c1-2-24-19(23)16-12-21-17-9-8-14(20)10-15(17)18(16)22-11-13-6-4-3-5-7-13/h3-10,12H,2,11H2,1H3,(H,21,22). The van der Waals surface area contributed by atoms with Crippen LogP contribution in [0.15, 0.2) is 54.7 Å². The monoisotopic (exact) mass is 324 g/mol. The topological polar surface area (TPSA) is 51.2 Å². The van der Waals surface area contributed by atoms with Gasteiger partial charge in [0.25, 0.3) is 0 Å². The summed E-state index contributed by atoms with van der Waals surface area (Å²) in [5.41, 5.74) is 2.49. The highest BCUT2D eigenvalue weighted by Gasteiger charge is 2.17. The minimum atomic E-state index is -0.480. The Kier molecular flexibility index (Phi) is 4.70. The van der Waals surface area contributed by atoms with E-state index in [-0.39, 0.29) is 12.4 Å². The molecule has 5 heteroatoms. The molecule has 0 amide bonds. The molecule has 3 rings (SSSR count). The second-order valence-corrected chi connectivity index (χ2v) is 5.27. The van der Waals surface area contributed by atoms with Crippen molar-refractivity contribution in [1.29, 1.82) is 0 Å². The minimum Gasteiger partial charge on any atom is -0.462 e. The van der Waals surface area contributed by atoms with Gasteiger partial charge in [0.15, 0.2) is 0 Å². The summed E-state index contributed by atoms with van der Waals surface area (Å²) in [6.45, 7) is 2.50. The third-order valence-electron chi connectivity index (χ3n) is 3.64. The Morgan fingerprint density at radius 2 is 2.00 bits per heavy atom. The van der Waals surface area contributed by atoms with E-state index >= 15 is 0 Å². The van der Waals surface area contributed by atoms with Gasteiger partial charge in [0.05, 0.1) is 17.8 Å². The van der Waals surface area contributed by atoms with Gasteiger partial charge >= 0.3 is 5.97 Å². The molecule has 0 aliphatic carbocycles. The van der Waals surface area contributed by atoms with Crippen molar-refractivity contribution in [2.75, 3.05) is 11.9 Å². The first-order valence-electron chi connectivity index (χ1n) is 7.72. The third-order valence-corrected chi connectivity index (χ3v) is 3.64. The molecule has 24 heavy (non-hydrogen) atoms. The predicted molar refractivity (Wildman–Crippen MR) is 91.4 cm³/mol. The van der Waals surface area contributed by atoms with Crippen LogP contribution in [0.1, 0.15) is 22.8 Å². The first-order valence-corrected chi connectivity index (χ1v) is 7.72. The number of benzene rings is 2. The van der Waals surface area contributed by atoms with E-state index in [0.29, 0.717) is 28.7 Å². The van der Waals surface area contributed by atoms with Crippen molar-refractivity contribution in [3.8, 4) is 0 Å². The number of carbonyl (C=O) groups is 1. The molecular weight excluding hydrogens is 307 g/mol. The number of esters is 1. The molecule has 1 N–H and O–H groups in total. The van der Waals surface area contributed by atoms with Crippen LogP contribution >= 0.6 is 0 Å². The number of nitrogens with zero attached hydrogens (tertiary/aromatic N) is 1. The molecule has 2 aromatic carbocycles. The van der Waals surface area contributed by atoms with Crippen molar-refractivity contribution >= 4 is 22.6 Å². The van der Waals surface area contributed by atoms with E-state index in [4.69, 9.17) is 4.74 Å². The average Bonchev–Trinajstić information content (AvgIpc) is 2.60. The molecule has 0 spiro atoms. The van der Waals surface area contributed by atoms with Crippen LogP contribution in [0.25, 0.3) is 10.9 Å². The number of rotatable bonds is 5. The summed E-state index contributed by atoms with van der Waals surface area (Å²) in [5.74, 6) is -0.861. The van der Waals surface area contributed by atoms with Crippen LogP contribution in [-0.4, -0.2) is 17.6 Å². The highest BCUT2D eigenvalue weighted by Crippen LogP contribution is 2.28. The maximum Gasteiger partial charge on any atom is 0.341 e. The van der Waals surface area contributed by atoms with Gasteiger partial charge in [-0.25, -0.2) is 9.18 Å². The third kappa shape index (κ3) is 3.35. The fraction of sp³-hybridized carbons (Fsp3) is 0.158. The molecule has 0 aliphatic rings. The van der Waals surface area contributed by atoms with Crippen LogP contribution in [0.2, 0.25) is 0 Å². The molecule has 0 saturated heterocycles. The Labute approximate surface area is 139 Å². The van der Waals surface area contributed by atoms with Crippen LogP contribution in [0.5, 0.6) is 0 Å². The fourth-order valence-corrected chi connectivity index (χ4v) is 2.51. The van der Waals surface area contributed by atoms with Crippen LogP contribution in [0.3, 0.4) is 0 Å². The average molecular weight is 324 g/mol. The largest absolute Gasteiger partial charge is 0.462 e. The number of hydrogen-bond acceptors (Lipinski definition) is 4. The Morgan fingerprint density at radius 3 is 2.75 bits per heavy atom. The second kappa shape index (κ2) is 7.08. The summed E-state index contributed by atoms with van der Waals surface area (Å²) in [7, 11) is 0. The van der Waals surface area contributed by atoms with Gasteiger partial charge in [-0.2, -0.15) is 0 Å². The zero-order valence-corrected chi connectivity index (χ0v) is 13.3. The lowest BCUT2D eigenvalue weighted by Crippen LogP contribution is -2.11. The summed E-state index contributed by atoms with van der Waals surface area (Å²) < 4.78 is 18.8. The van der Waals surface area contributed by atoms with E-state index in [0.717, 1.165) is 5.56 Å². The lowest BCUT2D eigenvalue weighted by molar-refractivity contribution is 0.0527. The van der Waals surface area contributed by atoms with Crippen LogP contribution < -0.4 is 5.32 Å². The number of carbonyl (C=O) groups excluding carboxylic acids is 1. The smallest absolute Gasteiger partial charge is 0.341 e. The first-order chi connectivity index (χ1) is 11.7. The van der Waals surface area contributed by atoms with Crippen molar-refractivity contribution in [3.63, 3.8) is 0 Å². The molecule has 4 nitrogen and oxygen atoms in total. The number of halogens is 1. The molecule has 0 aliphatic heterocycles. The van der Waals surface area contributed by atoms with Gasteiger partial charge in [-0.1, -0.05) is 30.3 Å². The summed E-state index contributed by atoms with van der Waals surface area (Å²) in [6.07, 6.45) is 1.46. The number of ether oxygens (including phenoxy) is 1. The highest BCUT2D eigenvalue weighted by atomic mass is 19.1. The van der Waals surface area contributed by atoms with Crippen molar-refractivity contribution in [2.24, 2.45) is 0 Å². The SMILES string of the molecule is CCOC(=O)c1cnc2ccc(F)cc2c1NCc1ccccc1. The molecule has 0 saturated carbocycles. The Balaban J connectivity index is 2.04. The molecule has 0 bridgehead atoms. The molecule has 1 aromatic heterocycles. The molecule has 122 valence electrons. The van der Waals surface area contributed by atoms with Gasteiger partial charge in [-0.3, -0.25) is 4.98 Å². The molecule has 1 heterocycles. The van der Waals surface area contributed by atoms with E-state index in [1.807, 2.05) is 30.3 Å². The van der Waals surface area contributed by atoms with Crippen LogP contribution in [0.4, 0.5) is 10.1 Å². The van der Waals surface area contributed by atoms with Gasteiger partial charge in [0, 0.05) is 18.1 Å². The zero-order valence-electron chi connectivity index (χ0n) is 13.3. The molecule has 3 aromatic rings. The Hall–Kier alpha value is -2.95.